The number of carbonyl (C=O) groups is 1. The highest BCUT2D eigenvalue weighted by atomic mass is 32.1. The Kier molecular flexibility index (Phi) is 5.58. The van der Waals surface area contributed by atoms with Crippen LogP contribution >= 0.6 is 11.5 Å². The quantitative estimate of drug-likeness (QED) is 0.898. The molecule has 128 valence electrons. The van der Waals surface area contributed by atoms with E-state index in [9.17, 15) is 4.79 Å². The minimum Gasteiger partial charge on any atom is -0.321 e. The van der Waals surface area contributed by atoms with Crippen LogP contribution in [-0.4, -0.2) is 33.0 Å². The summed E-state index contributed by atoms with van der Waals surface area (Å²) >= 11 is 1.15. The number of carbonyl (C=O) groups excluding carboxylic acids is 1. The summed E-state index contributed by atoms with van der Waals surface area (Å²) in [6, 6.07) is 8.80. The average molecular weight is 344 g/mol. The van der Waals surface area contributed by atoms with E-state index < -0.39 is 0 Å². The number of hydrogen-bond donors (Lipinski definition) is 1. The van der Waals surface area contributed by atoms with Gasteiger partial charge in [0, 0.05) is 18.3 Å². The maximum Gasteiger partial charge on any atom is 0.269 e. The van der Waals surface area contributed by atoms with Crippen molar-refractivity contribution >= 4 is 23.1 Å². The van der Waals surface area contributed by atoms with Crippen LogP contribution in [0, 0.1) is 0 Å². The van der Waals surface area contributed by atoms with E-state index in [0.29, 0.717) is 17.3 Å². The van der Waals surface area contributed by atoms with Crippen molar-refractivity contribution in [3.05, 3.63) is 40.4 Å². The molecule has 2 heterocycles. The molecule has 1 aliphatic rings. The lowest BCUT2D eigenvalue weighted by Gasteiger charge is -2.33. The first kappa shape index (κ1) is 17.0. The average Bonchev–Trinajstić information content (AvgIpc) is 3.07. The van der Waals surface area contributed by atoms with Gasteiger partial charge in [-0.15, -0.1) is 5.10 Å². The lowest BCUT2D eigenvalue weighted by Crippen LogP contribution is -2.36. The highest BCUT2D eigenvalue weighted by molar-refractivity contribution is 7.08. The van der Waals surface area contributed by atoms with E-state index in [1.807, 2.05) is 19.1 Å². The van der Waals surface area contributed by atoms with Crippen LogP contribution in [0.5, 0.6) is 0 Å². The van der Waals surface area contributed by atoms with Gasteiger partial charge in [-0.05, 0) is 62.0 Å². The van der Waals surface area contributed by atoms with Crippen LogP contribution in [0.15, 0.2) is 24.3 Å². The molecule has 0 radical (unpaired) electrons. The molecule has 0 spiro atoms. The summed E-state index contributed by atoms with van der Waals surface area (Å²) in [5, 5.41) is 6.92. The molecule has 0 bridgehead atoms. The summed E-state index contributed by atoms with van der Waals surface area (Å²) in [6.45, 7) is 6.44. The van der Waals surface area contributed by atoms with Gasteiger partial charge in [-0.1, -0.05) is 30.0 Å². The molecule has 1 N–H and O–H groups in total. The van der Waals surface area contributed by atoms with E-state index in [2.05, 4.69) is 38.9 Å². The molecule has 0 unspecified atom stereocenters. The highest BCUT2D eigenvalue weighted by Gasteiger charge is 2.18. The Morgan fingerprint density at radius 3 is 2.83 bits per heavy atom. The number of likely N-dealkylation sites (tertiary alicyclic amines) is 1. The van der Waals surface area contributed by atoms with Crippen molar-refractivity contribution < 1.29 is 4.79 Å². The summed E-state index contributed by atoms with van der Waals surface area (Å²) in [5.74, 6) is -0.126. The van der Waals surface area contributed by atoms with Crippen LogP contribution in [0.2, 0.25) is 0 Å². The van der Waals surface area contributed by atoms with Gasteiger partial charge in [-0.3, -0.25) is 9.69 Å². The lowest BCUT2D eigenvalue weighted by atomic mass is 10.0. The summed E-state index contributed by atoms with van der Waals surface area (Å²) in [6.07, 6.45) is 4.64. The fourth-order valence-corrected chi connectivity index (χ4v) is 3.77. The zero-order chi connectivity index (χ0) is 16.9. The fraction of sp³-hybridized carbons (Fsp3) is 0.500. The molecule has 3 rings (SSSR count). The van der Waals surface area contributed by atoms with Crippen LogP contribution in [0.25, 0.3) is 0 Å². The first-order chi connectivity index (χ1) is 11.7. The van der Waals surface area contributed by atoms with E-state index in [0.717, 1.165) is 29.5 Å². The van der Waals surface area contributed by atoms with Crippen LogP contribution in [0.3, 0.4) is 0 Å². The van der Waals surface area contributed by atoms with Gasteiger partial charge in [0.05, 0.1) is 5.69 Å². The summed E-state index contributed by atoms with van der Waals surface area (Å²) in [7, 11) is 0. The molecule has 1 aromatic carbocycles. The second-order valence-electron chi connectivity index (χ2n) is 6.37. The predicted octanol–water partition coefficient (Wildman–Crippen LogP) is 3.73. The summed E-state index contributed by atoms with van der Waals surface area (Å²) in [4.78, 5) is 15.4. The number of aryl methyl sites for hydroxylation is 1. The van der Waals surface area contributed by atoms with E-state index in [4.69, 9.17) is 0 Å². The van der Waals surface area contributed by atoms with Crippen LogP contribution in [0.4, 0.5) is 5.69 Å². The number of rotatable bonds is 5. The largest absolute Gasteiger partial charge is 0.321 e. The van der Waals surface area contributed by atoms with E-state index in [1.54, 1.807) is 0 Å². The minimum atomic E-state index is -0.126. The van der Waals surface area contributed by atoms with Crippen LogP contribution < -0.4 is 5.32 Å². The molecule has 2 aromatic rings. The molecule has 1 fully saturated rings. The molecular weight excluding hydrogens is 320 g/mol. The summed E-state index contributed by atoms with van der Waals surface area (Å²) in [5.41, 5.74) is 2.86. The van der Waals surface area contributed by atoms with Crippen molar-refractivity contribution in [1.82, 2.24) is 14.5 Å². The van der Waals surface area contributed by atoms with Crippen molar-refractivity contribution in [3.63, 3.8) is 0 Å². The number of benzene rings is 1. The minimum absolute atomic E-state index is 0.126. The molecule has 6 heteroatoms. The Morgan fingerprint density at radius 2 is 2.12 bits per heavy atom. The van der Waals surface area contributed by atoms with Crippen molar-refractivity contribution in [2.45, 2.75) is 52.1 Å². The Morgan fingerprint density at radius 1 is 1.33 bits per heavy atom. The van der Waals surface area contributed by atoms with Gasteiger partial charge in [0.15, 0.2) is 0 Å². The summed E-state index contributed by atoms with van der Waals surface area (Å²) < 4.78 is 3.87. The maximum atomic E-state index is 12.3. The van der Waals surface area contributed by atoms with Crippen molar-refractivity contribution in [2.24, 2.45) is 0 Å². The first-order valence-corrected chi connectivity index (χ1v) is 9.40. The standard InChI is InChI=1S/C18H24N4OS/c1-3-16-17(24-21-20-16)18(23)19-15-9-7-14(8-10-15)12-22-11-5-4-6-13(22)2/h7-10,13H,3-6,11-12H2,1-2H3,(H,19,23)/t13-/m0/s1. The molecule has 1 aliphatic heterocycles. The number of nitrogens with zero attached hydrogens (tertiary/aromatic N) is 3. The van der Waals surface area contributed by atoms with Gasteiger partial charge in [-0.2, -0.15) is 0 Å². The molecule has 0 aliphatic carbocycles. The van der Waals surface area contributed by atoms with Gasteiger partial charge in [-0.25, -0.2) is 0 Å². The van der Waals surface area contributed by atoms with Gasteiger partial charge in [0.1, 0.15) is 4.88 Å². The Bertz CT molecular complexity index is 683. The fourth-order valence-electron chi connectivity index (χ4n) is 3.12. The number of piperidine rings is 1. The number of anilines is 1. The Labute approximate surface area is 147 Å². The van der Waals surface area contributed by atoms with Crippen molar-refractivity contribution in [2.75, 3.05) is 11.9 Å². The van der Waals surface area contributed by atoms with Crippen molar-refractivity contribution in [3.8, 4) is 0 Å². The number of aromatic nitrogens is 2. The molecule has 1 amide bonds. The van der Waals surface area contributed by atoms with Gasteiger partial charge >= 0.3 is 0 Å². The van der Waals surface area contributed by atoms with Crippen molar-refractivity contribution in [1.29, 1.82) is 0 Å². The first-order valence-electron chi connectivity index (χ1n) is 8.63. The molecule has 5 nitrogen and oxygen atoms in total. The Balaban J connectivity index is 1.61. The monoisotopic (exact) mass is 344 g/mol. The number of nitrogens with one attached hydrogen (secondary N) is 1. The smallest absolute Gasteiger partial charge is 0.269 e. The van der Waals surface area contributed by atoms with E-state index in [1.165, 1.54) is 31.4 Å². The lowest BCUT2D eigenvalue weighted by molar-refractivity contribution is 0.102. The zero-order valence-corrected chi connectivity index (χ0v) is 15.1. The third-order valence-corrected chi connectivity index (χ3v) is 5.40. The number of hydrogen-bond acceptors (Lipinski definition) is 5. The van der Waals surface area contributed by atoms with Gasteiger partial charge in [0.2, 0.25) is 0 Å². The van der Waals surface area contributed by atoms with E-state index >= 15 is 0 Å². The normalized spacial score (nSPS) is 18.5. The van der Waals surface area contributed by atoms with E-state index in [-0.39, 0.29) is 5.91 Å². The van der Waals surface area contributed by atoms with Gasteiger partial charge < -0.3 is 5.32 Å². The maximum absolute atomic E-state index is 12.3. The molecule has 1 saturated heterocycles. The molecule has 0 saturated carbocycles. The SMILES string of the molecule is CCc1nnsc1C(=O)Nc1ccc(CN2CCCC[C@@H]2C)cc1. The topological polar surface area (TPSA) is 58.1 Å². The predicted molar refractivity (Wildman–Crippen MR) is 97.4 cm³/mol. The highest BCUT2D eigenvalue weighted by Crippen LogP contribution is 2.20. The second kappa shape index (κ2) is 7.85. The molecule has 1 aromatic heterocycles. The Hall–Kier alpha value is -1.79. The van der Waals surface area contributed by atoms with Crippen LogP contribution in [-0.2, 0) is 13.0 Å². The zero-order valence-electron chi connectivity index (χ0n) is 14.3. The number of amides is 1. The second-order valence-corrected chi connectivity index (χ2v) is 7.12. The third-order valence-electron chi connectivity index (χ3n) is 4.63. The molecule has 24 heavy (non-hydrogen) atoms. The van der Waals surface area contributed by atoms with Crippen LogP contribution in [0.1, 0.15) is 54.0 Å². The van der Waals surface area contributed by atoms with Gasteiger partial charge in [0.25, 0.3) is 5.91 Å². The molecule has 1 atom stereocenters. The molecular formula is C18H24N4OS. The third kappa shape index (κ3) is 3.99.